The van der Waals surface area contributed by atoms with Gasteiger partial charge in [-0.2, -0.15) is 5.26 Å². The summed E-state index contributed by atoms with van der Waals surface area (Å²) in [6.07, 6.45) is 1.73. The van der Waals surface area contributed by atoms with E-state index in [9.17, 15) is 18.0 Å². The van der Waals surface area contributed by atoms with Gasteiger partial charge in [0.1, 0.15) is 5.75 Å². The van der Waals surface area contributed by atoms with Crippen molar-refractivity contribution in [2.24, 2.45) is 5.92 Å². The first kappa shape index (κ1) is 26.6. The highest BCUT2D eigenvalue weighted by molar-refractivity contribution is 5.89. The molecule has 1 unspecified atom stereocenters. The molecule has 0 fully saturated rings. The maximum Gasteiger partial charge on any atom is 0.573 e. The molecular weight excluding hydrogens is 467 g/mol. The normalized spacial score (nSPS) is 12.2. The number of carbonyl (C=O) groups excluding carboxylic acids is 1. The van der Waals surface area contributed by atoms with Crippen molar-refractivity contribution in [3.05, 3.63) is 107 Å². The van der Waals surface area contributed by atoms with Gasteiger partial charge in [-0.15, -0.1) is 13.2 Å². The number of halogens is 3. The molecule has 0 aliphatic heterocycles. The molecule has 3 aromatic carbocycles. The molecule has 0 amide bonds. The standard InChI is InChI=1S/C29H26F3NO3/c1-35-28(34)26-17-15-23(16-18-26)19-22(12-9-21-10-13-24(20-33)14-11-21)5-4-7-25-6-2-3-8-27(25)36-29(30,31)32/h2-4,6-8,10-11,13-18,22H,5,9,12,19H2,1H3/b7-4+. The van der Waals surface area contributed by atoms with Gasteiger partial charge in [0.2, 0.25) is 0 Å². The number of nitrogens with zero attached hydrogens (tertiary/aromatic N) is 1. The highest BCUT2D eigenvalue weighted by atomic mass is 19.4. The maximum atomic E-state index is 12.7. The summed E-state index contributed by atoms with van der Waals surface area (Å²) in [6, 6.07) is 22.8. The molecule has 3 aromatic rings. The molecule has 0 N–H and O–H groups in total. The molecule has 0 heterocycles. The lowest BCUT2D eigenvalue weighted by molar-refractivity contribution is -0.274. The molecule has 0 saturated heterocycles. The molecule has 4 nitrogen and oxygen atoms in total. The van der Waals surface area contributed by atoms with Gasteiger partial charge in [-0.05, 0) is 73.1 Å². The van der Waals surface area contributed by atoms with E-state index in [1.165, 1.54) is 19.2 Å². The molecule has 0 radical (unpaired) electrons. The Kier molecular flexibility index (Phi) is 9.29. The van der Waals surface area contributed by atoms with Crippen LogP contribution in [0.25, 0.3) is 6.08 Å². The number of ether oxygens (including phenoxy) is 2. The zero-order valence-corrected chi connectivity index (χ0v) is 19.8. The summed E-state index contributed by atoms with van der Waals surface area (Å²) in [5.74, 6) is -0.452. The topological polar surface area (TPSA) is 59.3 Å². The zero-order valence-electron chi connectivity index (χ0n) is 19.8. The van der Waals surface area contributed by atoms with Crippen LogP contribution in [0.3, 0.4) is 0 Å². The fraction of sp³-hybridized carbons (Fsp3) is 0.241. The van der Waals surface area contributed by atoms with E-state index in [4.69, 9.17) is 10.00 Å². The van der Waals surface area contributed by atoms with Crippen LogP contribution in [0, 0.1) is 17.2 Å². The number of aryl methyl sites for hydroxylation is 1. The number of benzene rings is 3. The van der Waals surface area contributed by atoms with E-state index in [2.05, 4.69) is 10.8 Å². The van der Waals surface area contributed by atoms with Crippen LogP contribution in [0.5, 0.6) is 5.75 Å². The monoisotopic (exact) mass is 493 g/mol. The largest absolute Gasteiger partial charge is 0.573 e. The first-order valence-corrected chi connectivity index (χ1v) is 11.4. The number of rotatable bonds is 10. The Morgan fingerprint density at radius 1 is 1.00 bits per heavy atom. The first-order valence-electron chi connectivity index (χ1n) is 11.4. The van der Waals surface area contributed by atoms with Crippen LogP contribution >= 0.6 is 0 Å². The Morgan fingerprint density at radius 3 is 2.31 bits per heavy atom. The van der Waals surface area contributed by atoms with Crippen LogP contribution < -0.4 is 4.74 Å². The molecule has 0 aliphatic carbocycles. The number of alkyl halides is 3. The Labute approximate surface area is 208 Å². The van der Waals surface area contributed by atoms with E-state index in [-0.39, 0.29) is 11.7 Å². The third-order valence-corrected chi connectivity index (χ3v) is 5.74. The van der Waals surface area contributed by atoms with Crippen molar-refractivity contribution in [1.82, 2.24) is 0 Å². The zero-order chi connectivity index (χ0) is 26.0. The van der Waals surface area contributed by atoms with Crippen molar-refractivity contribution in [2.45, 2.75) is 32.0 Å². The van der Waals surface area contributed by atoms with Gasteiger partial charge >= 0.3 is 12.3 Å². The summed E-state index contributed by atoms with van der Waals surface area (Å²) in [6.45, 7) is 0. The molecule has 0 spiro atoms. The molecule has 0 saturated carbocycles. The lowest BCUT2D eigenvalue weighted by atomic mass is 9.89. The number of allylic oxidation sites excluding steroid dienone is 1. The predicted molar refractivity (Wildman–Crippen MR) is 131 cm³/mol. The summed E-state index contributed by atoms with van der Waals surface area (Å²) < 4.78 is 47.1. The summed E-state index contributed by atoms with van der Waals surface area (Å²) in [7, 11) is 1.33. The number of carbonyl (C=O) groups is 1. The van der Waals surface area contributed by atoms with Gasteiger partial charge in [-0.3, -0.25) is 0 Å². The second-order valence-corrected chi connectivity index (χ2v) is 8.33. The highest BCUT2D eigenvalue weighted by Crippen LogP contribution is 2.28. The van der Waals surface area contributed by atoms with Crippen molar-refractivity contribution in [1.29, 1.82) is 5.26 Å². The number of esters is 1. The lowest BCUT2D eigenvalue weighted by Gasteiger charge is -2.16. The summed E-state index contributed by atoms with van der Waals surface area (Å²) in [4.78, 5) is 11.7. The quantitative estimate of drug-likeness (QED) is 0.282. The van der Waals surface area contributed by atoms with E-state index < -0.39 is 12.3 Å². The number of hydrogen-bond donors (Lipinski definition) is 0. The van der Waals surface area contributed by atoms with Gasteiger partial charge in [0.05, 0.1) is 24.3 Å². The molecule has 1 atom stereocenters. The number of nitriles is 1. The second kappa shape index (κ2) is 12.6. The lowest BCUT2D eigenvalue weighted by Crippen LogP contribution is -2.17. The third kappa shape index (κ3) is 8.31. The van der Waals surface area contributed by atoms with Crippen LogP contribution in [-0.4, -0.2) is 19.4 Å². The average molecular weight is 494 g/mol. The van der Waals surface area contributed by atoms with Gasteiger partial charge in [0, 0.05) is 5.56 Å². The smallest absolute Gasteiger partial charge is 0.465 e. The van der Waals surface area contributed by atoms with Gasteiger partial charge in [0.15, 0.2) is 0 Å². The average Bonchev–Trinajstić information content (AvgIpc) is 2.87. The fourth-order valence-corrected chi connectivity index (χ4v) is 3.87. The molecule has 0 aliphatic rings. The van der Waals surface area contributed by atoms with Crippen molar-refractivity contribution in [2.75, 3.05) is 7.11 Å². The Hall–Kier alpha value is -4.05. The molecule has 36 heavy (non-hydrogen) atoms. The summed E-state index contributed by atoms with van der Waals surface area (Å²) in [5.41, 5.74) is 3.57. The summed E-state index contributed by atoms with van der Waals surface area (Å²) in [5, 5.41) is 9.00. The van der Waals surface area contributed by atoms with Crippen molar-refractivity contribution in [3.8, 4) is 11.8 Å². The van der Waals surface area contributed by atoms with E-state index in [0.29, 0.717) is 23.1 Å². The first-order chi connectivity index (χ1) is 17.3. The Morgan fingerprint density at radius 2 is 1.67 bits per heavy atom. The third-order valence-electron chi connectivity index (χ3n) is 5.74. The van der Waals surface area contributed by atoms with Crippen molar-refractivity contribution >= 4 is 12.0 Å². The van der Waals surface area contributed by atoms with E-state index in [1.807, 2.05) is 30.3 Å². The maximum absolute atomic E-state index is 12.7. The molecule has 0 aromatic heterocycles. The van der Waals surface area contributed by atoms with Crippen LogP contribution in [0.1, 0.15) is 45.5 Å². The fourth-order valence-electron chi connectivity index (χ4n) is 3.87. The molecule has 186 valence electrons. The minimum Gasteiger partial charge on any atom is -0.465 e. The molecule has 7 heteroatoms. The van der Waals surface area contributed by atoms with Crippen LogP contribution in [-0.2, 0) is 17.6 Å². The van der Waals surface area contributed by atoms with Crippen molar-refractivity contribution < 1.29 is 27.4 Å². The van der Waals surface area contributed by atoms with E-state index >= 15 is 0 Å². The molecular formula is C29H26F3NO3. The van der Waals surface area contributed by atoms with Gasteiger partial charge in [-0.25, -0.2) is 4.79 Å². The number of para-hydroxylation sites is 1. The number of hydrogen-bond acceptors (Lipinski definition) is 4. The highest BCUT2D eigenvalue weighted by Gasteiger charge is 2.31. The van der Waals surface area contributed by atoms with Gasteiger partial charge in [0.25, 0.3) is 0 Å². The van der Waals surface area contributed by atoms with Crippen LogP contribution in [0.2, 0.25) is 0 Å². The SMILES string of the molecule is COC(=O)c1ccc(CC(C/C=C/c2ccccc2OC(F)(F)F)CCc2ccc(C#N)cc2)cc1. The summed E-state index contributed by atoms with van der Waals surface area (Å²) >= 11 is 0. The van der Waals surface area contributed by atoms with Crippen molar-refractivity contribution in [3.63, 3.8) is 0 Å². The van der Waals surface area contributed by atoms with Crippen LogP contribution in [0.4, 0.5) is 13.2 Å². The Bertz CT molecular complexity index is 1210. The molecule has 3 rings (SSSR count). The minimum absolute atomic E-state index is 0.191. The predicted octanol–water partition coefficient (Wildman–Crippen LogP) is 7.14. The van der Waals surface area contributed by atoms with E-state index in [0.717, 1.165) is 30.4 Å². The minimum atomic E-state index is -4.76. The van der Waals surface area contributed by atoms with E-state index in [1.54, 1.807) is 42.5 Å². The second-order valence-electron chi connectivity index (χ2n) is 8.33. The van der Waals surface area contributed by atoms with Gasteiger partial charge < -0.3 is 9.47 Å². The van der Waals surface area contributed by atoms with Gasteiger partial charge in [-0.1, -0.05) is 54.6 Å². The Balaban J connectivity index is 1.73. The molecule has 0 bridgehead atoms. The van der Waals surface area contributed by atoms with Crippen LogP contribution in [0.15, 0.2) is 78.9 Å². The number of methoxy groups -OCH3 is 1.